The molecular weight excluding hydrogens is 224 g/mol. The Hall–Kier alpha value is -1.02. The number of aryl methyl sites for hydroxylation is 1. The van der Waals surface area contributed by atoms with Crippen molar-refractivity contribution in [2.24, 2.45) is 0 Å². The lowest BCUT2D eigenvalue weighted by Crippen LogP contribution is -2.22. The van der Waals surface area contributed by atoms with E-state index in [9.17, 15) is 0 Å². The number of hydrogen-bond donors (Lipinski definition) is 0. The molecule has 1 rings (SSSR count). The van der Waals surface area contributed by atoms with E-state index in [-0.39, 0.29) is 5.60 Å². The lowest BCUT2D eigenvalue weighted by molar-refractivity contribution is -0.0163. The third kappa shape index (κ3) is 5.09. The van der Waals surface area contributed by atoms with Gasteiger partial charge in [0.15, 0.2) is 0 Å². The minimum Gasteiger partial charge on any atom is -0.491 e. The van der Waals surface area contributed by atoms with E-state index in [0.29, 0.717) is 19.1 Å². The Morgan fingerprint density at radius 3 is 2.33 bits per heavy atom. The van der Waals surface area contributed by atoms with Crippen LogP contribution in [-0.2, 0) is 4.74 Å². The van der Waals surface area contributed by atoms with Crippen LogP contribution in [-0.4, -0.2) is 18.8 Å². The Balaban J connectivity index is 2.54. The molecule has 18 heavy (non-hydrogen) atoms. The highest BCUT2D eigenvalue weighted by atomic mass is 16.5. The minimum atomic E-state index is -0.0990. The van der Waals surface area contributed by atoms with Crippen LogP contribution in [0.25, 0.3) is 0 Å². The molecule has 2 nitrogen and oxygen atoms in total. The summed E-state index contributed by atoms with van der Waals surface area (Å²) in [4.78, 5) is 0. The monoisotopic (exact) mass is 250 g/mol. The molecule has 0 aliphatic carbocycles. The smallest absolute Gasteiger partial charge is 0.122 e. The van der Waals surface area contributed by atoms with Gasteiger partial charge >= 0.3 is 0 Å². The maximum atomic E-state index is 5.80. The van der Waals surface area contributed by atoms with Crippen LogP contribution in [0, 0.1) is 6.92 Å². The summed E-state index contributed by atoms with van der Waals surface area (Å²) >= 11 is 0. The van der Waals surface area contributed by atoms with Gasteiger partial charge in [-0.15, -0.1) is 0 Å². The second-order valence-corrected chi connectivity index (χ2v) is 5.99. The second kappa shape index (κ2) is 6.24. The van der Waals surface area contributed by atoms with Gasteiger partial charge in [0.25, 0.3) is 0 Å². The van der Waals surface area contributed by atoms with Gasteiger partial charge in [-0.25, -0.2) is 0 Å². The molecule has 0 bridgehead atoms. The number of benzene rings is 1. The molecule has 0 N–H and O–H groups in total. The van der Waals surface area contributed by atoms with Crippen LogP contribution in [0.15, 0.2) is 18.2 Å². The Labute approximate surface area is 111 Å². The third-order valence-electron chi connectivity index (χ3n) is 2.75. The van der Waals surface area contributed by atoms with Crippen molar-refractivity contribution >= 4 is 0 Å². The molecule has 0 aromatic heterocycles. The van der Waals surface area contributed by atoms with E-state index >= 15 is 0 Å². The zero-order valence-corrected chi connectivity index (χ0v) is 12.5. The summed E-state index contributed by atoms with van der Waals surface area (Å²) in [7, 11) is 0. The first-order chi connectivity index (χ1) is 8.29. The zero-order valence-electron chi connectivity index (χ0n) is 12.5. The first kappa shape index (κ1) is 15.0. The van der Waals surface area contributed by atoms with Gasteiger partial charge in [-0.05, 0) is 50.8 Å². The van der Waals surface area contributed by atoms with E-state index in [4.69, 9.17) is 9.47 Å². The van der Waals surface area contributed by atoms with Gasteiger partial charge in [-0.1, -0.05) is 26.0 Å². The molecule has 0 radical (unpaired) electrons. The maximum absolute atomic E-state index is 5.80. The number of rotatable bonds is 5. The molecule has 0 saturated carbocycles. The molecule has 0 heterocycles. The molecule has 1 aromatic rings. The van der Waals surface area contributed by atoms with E-state index < -0.39 is 0 Å². The standard InChI is InChI=1S/C16H26O2/c1-12(2)14-8-7-13(3)15(11-14)17-9-10-18-16(4,5)6/h7-8,11-12H,9-10H2,1-6H3. The lowest BCUT2D eigenvalue weighted by atomic mass is 10.0. The number of hydrogen-bond acceptors (Lipinski definition) is 2. The van der Waals surface area contributed by atoms with Crippen LogP contribution < -0.4 is 4.74 Å². The van der Waals surface area contributed by atoms with Crippen molar-refractivity contribution in [2.45, 2.75) is 53.1 Å². The van der Waals surface area contributed by atoms with Crippen LogP contribution in [0.3, 0.4) is 0 Å². The van der Waals surface area contributed by atoms with Crippen molar-refractivity contribution in [3.8, 4) is 5.75 Å². The van der Waals surface area contributed by atoms with Gasteiger partial charge in [0, 0.05) is 0 Å². The molecule has 0 unspecified atom stereocenters. The van der Waals surface area contributed by atoms with Crippen LogP contribution >= 0.6 is 0 Å². The summed E-state index contributed by atoms with van der Waals surface area (Å²) in [6.07, 6.45) is 0. The van der Waals surface area contributed by atoms with E-state index in [1.54, 1.807) is 0 Å². The van der Waals surface area contributed by atoms with Crippen molar-refractivity contribution in [2.75, 3.05) is 13.2 Å². The molecule has 0 amide bonds. The minimum absolute atomic E-state index is 0.0990. The molecule has 0 aliphatic rings. The normalized spacial score (nSPS) is 11.9. The van der Waals surface area contributed by atoms with Crippen LogP contribution in [0.2, 0.25) is 0 Å². The summed E-state index contributed by atoms with van der Waals surface area (Å²) < 4.78 is 11.4. The maximum Gasteiger partial charge on any atom is 0.122 e. The summed E-state index contributed by atoms with van der Waals surface area (Å²) in [5.74, 6) is 1.50. The first-order valence-corrected chi connectivity index (χ1v) is 6.67. The van der Waals surface area contributed by atoms with Crippen LogP contribution in [0.5, 0.6) is 5.75 Å². The van der Waals surface area contributed by atoms with Crippen molar-refractivity contribution in [3.63, 3.8) is 0 Å². The highest BCUT2D eigenvalue weighted by molar-refractivity contribution is 5.37. The fourth-order valence-electron chi connectivity index (χ4n) is 1.63. The average molecular weight is 250 g/mol. The summed E-state index contributed by atoms with van der Waals surface area (Å²) in [6.45, 7) is 13.8. The Bertz CT molecular complexity index is 375. The Kier molecular flexibility index (Phi) is 5.21. The van der Waals surface area contributed by atoms with Crippen molar-refractivity contribution in [3.05, 3.63) is 29.3 Å². The van der Waals surface area contributed by atoms with Gasteiger partial charge in [0.2, 0.25) is 0 Å². The summed E-state index contributed by atoms with van der Waals surface area (Å²) in [5.41, 5.74) is 2.39. The van der Waals surface area contributed by atoms with Crippen molar-refractivity contribution < 1.29 is 9.47 Å². The van der Waals surface area contributed by atoms with Gasteiger partial charge < -0.3 is 9.47 Å². The Morgan fingerprint density at radius 1 is 1.11 bits per heavy atom. The van der Waals surface area contributed by atoms with E-state index in [2.05, 4.69) is 59.7 Å². The quantitative estimate of drug-likeness (QED) is 0.725. The van der Waals surface area contributed by atoms with Gasteiger partial charge in [-0.3, -0.25) is 0 Å². The fraction of sp³-hybridized carbons (Fsp3) is 0.625. The van der Waals surface area contributed by atoms with Crippen molar-refractivity contribution in [1.29, 1.82) is 0 Å². The highest BCUT2D eigenvalue weighted by Gasteiger charge is 2.10. The van der Waals surface area contributed by atoms with Gasteiger partial charge in [0.05, 0.1) is 12.2 Å². The highest BCUT2D eigenvalue weighted by Crippen LogP contribution is 2.24. The third-order valence-corrected chi connectivity index (χ3v) is 2.75. The Morgan fingerprint density at radius 2 is 1.78 bits per heavy atom. The SMILES string of the molecule is Cc1ccc(C(C)C)cc1OCCOC(C)(C)C. The molecule has 2 heteroatoms. The zero-order chi connectivity index (χ0) is 13.8. The second-order valence-electron chi connectivity index (χ2n) is 5.99. The molecule has 0 spiro atoms. The lowest BCUT2D eigenvalue weighted by Gasteiger charge is -2.20. The predicted molar refractivity (Wildman–Crippen MR) is 76.5 cm³/mol. The average Bonchev–Trinajstić information content (AvgIpc) is 2.24. The molecule has 0 fully saturated rings. The predicted octanol–water partition coefficient (Wildman–Crippen LogP) is 4.31. The molecule has 102 valence electrons. The van der Waals surface area contributed by atoms with Crippen molar-refractivity contribution in [1.82, 2.24) is 0 Å². The van der Waals surface area contributed by atoms with Crippen LogP contribution in [0.4, 0.5) is 0 Å². The fourth-order valence-corrected chi connectivity index (χ4v) is 1.63. The summed E-state index contributed by atoms with van der Waals surface area (Å²) in [6, 6.07) is 6.42. The van der Waals surface area contributed by atoms with Gasteiger partial charge in [0.1, 0.15) is 12.4 Å². The topological polar surface area (TPSA) is 18.5 Å². The summed E-state index contributed by atoms with van der Waals surface area (Å²) in [5, 5.41) is 0. The molecular formula is C16H26O2. The van der Waals surface area contributed by atoms with Gasteiger partial charge in [-0.2, -0.15) is 0 Å². The first-order valence-electron chi connectivity index (χ1n) is 6.67. The van der Waals surface area contributed by atoms with Crippen LogP contribution in [0.1, 0.15) is 51.7 Å². The molecule has 1 aromatic carbocycles. The number of ether oxygens (including phenoxy) is 2. The largest absolute Gasteiger partial charge is 0.491 e. The molecule has 0 aliphatic heterocycles. The molecule has 0 saturated heterocycles. The van der Waals surface area contributed by atoms with E-state index in [1.807, 2.05) is 0 Å². The van der Waals surface area contributed by atoms with E-state index in [0.717, 1.165) is 5.75 Å². The molecule has 0 atom stereocenters. The van der Waals surface area contributed by atoms with E-state index in [1.165, 1.54) is 11.1 Å².